The molecule has 0 aromatic heterocycles. The van der Waals surface area contributed by atoms with E-state index in [1.54, 1.807) is 0 Å². The van der Waals surface area contributed by atoms with Gasteiger partial charge in [0.25, 0.3) is 0 Å². The molecule has 0 bridgehead atoms. The van der Waals surface area contributed by atoms with E-state index in [4.69, 9.17) is 12.2 Å². The fraction of sp³-hybridized carbons (Fsp3) is 0.355. The fourth-order valence-corrected chi connectivity index (χ4v) is 5.21. The lowest BCUT2D eigenvalue weighted by Gasteiger charge is -2.40. The van der Waals surface area contributed by atoms with E-state index in [1.807, 2.05) is 6.92 Å². The average molecular weight is 500 g/mol. The predicted molar refractivity (Wildman–Crippen MR) is 152 cm³/mol. The Morgan fingerprint density at radius 1 is 0.778 bits per heavy atom. The van der Waals surface area contributed by atoms with Crippen molar-refractivity contribution in [3.63, 3.8) is 0 Å². The first-order valence-corrected chi connectivity index (χ1v) is 13.4. The summed E-state index contributed by atoms with van der Waals surface area (Å²) in [5, 5.41) is 3.53. The van der Waals surface area contributed by atoms with Crippen LogP contribution in [-0.2, 0) is 11.2 Å². The normalized spacial score (nSPS) is 15.2. The predicted octanol–water partition coefficient (Wildman–Crippen LogP) is 5.80. The molecule has 1 heterocycles. The molecule has 1 N–H and O–H groups in total. The third-order valence-corrected chi connectivity index (χ3v) is 7.30. The van der Waals surface area contributed by atoms with Gasteiger partial charge in [0.1, 0.15) is 0 Å². The van der Waals surface area contributed by atoms with Crippen molar-refractivity contribution >= 4 is 23.2 Å². The summed E-state index contributed by atoms with van der Waals surface area (Å²) < 4.78 is 0. The van der Waals surface area contributed by atoms with Crippen molar-refractivity contribution in [1.82, 2.24) is 15.1 Å². The molecule has 1 aliphatic rings. The highest BCUT2D eigenvalue weighted by atomic mass is 32.1. The molecule has 0 radical (unpaired) electrons. The summed E-state index contributed by atoms with van der Waals surface area (Å²) in [6, 6.07) is 29.9. The van der Waals surface area contributed by atoms with Gasteiger partial charge in [0, 0.05) is 26.2 Å². The third kappa shape index (κ3) is 6.59. The molecule has 3 aromatic carbocycles. The smallest absolute Gasteiger partial charge is 0.233 e. The second kappa shape index (κ2) is 12.3. The van der Waals surface area contributed by atoms with Crippen LogP contribution in [0.4, 0.5) is 0 Å². The Morgan fingerprint density at radius 2 is 1.31 bits per heavy atom. The van der Waals surface area contributed by atoms with Crippen molar-refractivity contribution in [2.45, 2.75) is 39.2 Å². The quantitative estimate of drug-likeness (QED) is 0.417. The molecule has 4 nitrogen and oxygen atoms in total. The molecule has 0 spiro atoms. The second-order valence-electron chi connectivity index (χ2n) is 10.1. The minimum Gasteiger partial charge on any atom is -0.346 e. The summed E-state index contributed by atoms with van der Waals surface area (Å²) in [5.74, 6) is 0.313. The molecular weight excluding hydrogens is 462 g/mol. The molecular formula is C31H37N3OS. The van der Waals surface area contributed by atoms with Gasteiger partial charge >= 0.3 is 0 Å². The molecule has 0 aliphatic carbocycles. The molecule has 1 aliphatic heterocycles. The zero-order valence-corrected chi connectivity index (χ0v) is 22.4. The van der Waals surface area contributed by atoms with Gasteiger partial charge in [0.15, 0.2) is 5.11 Å². The first-order valence-electron chi connectivity index (χ1n) is 12.9. The minimum absolute atomic E-state index is 0.0505. The van der Waals surface area contributed by atoms with Gasteiger partial charge in [-0.1, -0.05) is 98.8 Å². The number of amides is 1. The first-order chi connectivity index (χ1) is 17.4. The summed E-state index contributed by atoms with van der Waals surface area (Å²) in [5.41, 5.74) is 4.91. The molecule has 5 heteroatoms. The maximum atomic E-state index is 13.0. The maximum Gasteiger partial charge on any atom is 0.233 e. The van der Waals surface area contributed by atoms with Crippen molar-refractivity contribution in [3.8, 4) is 0 Å². The second-order valence-corrected chi connectivity index (χ2v) is 10.5. The topological polar surface area (TPSA) is 35.6 Å². The standard InChI is InChI=1S/C31H37N3OS/c1-23(2)22-25-14-16-26(17-15-25)24(3)30(35)32-31(36)34-20-18-33(19-21-34)29(27-10-6-4-7-11-27)28-12-8-5-9-13-28/h4-17,23-24,29H,18-22H2,1-3H3,(H,32,35,36). The van der Waals surface area contributed by atoms with Gasteiger partial charge in [-0.25, -0.2) is 0 Å². The van der Waals surface area contributed by atoms with Crippen LogP contribution in [0.2, 0.25) is 0 Å². The van der Waals surface area contributed by atoms with E-state index >= 15 is 0 Å². The lowest BCUT2D eigenvalue weighted by molar-refractivity contribution is -0.120. The monoisotopic (exact) mass is 499 g/mol. The Bertz CT molecular complexity index is 1080. The first kappa shape index (κ1) is 26.1. The summed E-state index contributed by atoms with van der Waals surface area (Å²) in [4.78, 5) is 17.6. The Labute approximate surface area is 221 Å². The van der Waals surface area contributed by atoms with Crippen LogP contribution >= 0.6 is 12.2 Å². The van der Waals surface area contributed by atoms with Gasteiger partial charge < -0.3 is 10.2 Å². The fourth-order valence-electron chi connectivity index (χ4n) is 4.93. The van der Waals surface area contributed by atoms with E-state index in [0.717, 1.165) is 38.2 Å². The van der Waals surface area contributed by atoms with Gasteiger partial charge in [-0.15, -0.1) is 0 Å². The number of benzene rings is 3. The summed E-state index contributed by atoms with van der Waals surface area (Å²) in [6.07, 6.45) is 1.05. The number of rotatable bonds is 7. The molecule has 36 heavy (non-hydrogen) atoms. The Morgan fingerprint density at radius 3 is 1.81 bits per heavy atom. The number of piperazine rings is 1. The Hall–Kier alpha value is -3.02. The number of nitrogens with zero attached hydrogens (tertiary/aromatic N) is 2. The van der Waals surface area contributed by atoms with Gasteiger partial charge in [0.05, 0.1) is 12.0 Å². The maximum absolute atomic E-state index is 13.0. The molecule has 1 unspecified atom stereocenters. The van der Waals surface area contributed by atoms with Crippen molar-refractivity contribution < 1.29 is 4.79 Å². The number of thiocarbonyl (C=S) groups is 1. The van der Waals surface area contributed by atoms with Gasteiger partial charge in [-0.2, -0.15) is 0 Å². The summed E-state index contributed by atoms with van der Waals surface area (Å²) in [6.45, 7) is 9.69. The molecule has 1 saturated heterocycles. The molecule has 188 valence electrons. The number of carbonyl (C=O) groups is 1. The highest BCUT2D eigenvalue weighted by molar-refractivity contribution is 7.80. The number of hydrogen-bond donors (Lipinski definition) is 1. The third-order valence-electron chi connectivity index (χ3n) is 6.94. The van der Waals surface area contributed by atoms with Crippen molar-refractivity contribution in [3.05, 3.63) is 107 Å². The van der Waals surface area contributed by atoms with Crippen LogP contribution in [0.1, 0.15) is 55.0 Å². The lowest BCUT2D eigenvalue weighted by atomic mass is 9.96. The van der Waals surface area contributed by atoms with Crippen LogP contribution in [-0.4, -0.2) is 47.0 Å². The zero-order valence-electron chi connectivity index (χ0n) is 21.6. The van der Waals surface area contributed by atoms with Crippen LogP contribution in [0, 0.1) is 5.92 Å². The minimum atomic E-state index is -0.252. The van der Waals surface area contributed by atoms with Crippen molar-refractivity contribution in [1.29, 1.82) is 0 Å². The highest BCUT2D eigenvalue weighted by Gasteiger charge is 2.28. The van der Waals surface area contributed by atoms with Crippen LogP contribution in [0.15, 0.2) is 84.9 Å². The molecule has 3 aromatic rings. The molecule has 1 atom stereocenters. The highest BCUT2D eigenvalue weighted by Crippen LogP contribution is 2.29. The van der Waals surface area contributed by atoms with E-state index in [0.29, 0.717) is 11.0 Å². The van der Waals surface area contributed by atoms with E-state index in [2.05, 4.69) is 114 Å². The van der Waals surface area contributed by atoms with Gasteiger partial charge in [0.2, 0.25) is 5.91 Å². The van der Waals surface area contributed by atoms with Gasteiger partial charge in [-0.3, -0.25) is 9.69 Å². The number of carbonyl (C=O) groups excluding carboxylic acids is 1. The molecule has 1 amide bonds. The van der Waals surface area contributed by atoms with Crippen LogP contribution in [0.25, 0.3) is 0 Å². The number of hydrogen-bond acceptors (Lipinski definition) is 3. The lowest BCUT2D eigenvalue weighted by Crippen LogP contribution is -2.53. The van der Waals surface area contributed by atoms with Crippen molar-refractivity contribution in [2.75, 3.05) is 26.2 Å². The van der Waals surface area contributed by atoms with E-state index in [-0.39, 0.29) is 17.9 Å². The summed E-state index contributed by atoms with van der Waals surface area (Å²) >= 11 is 5.65. The van der Waals surface area contributed by atoms with Crippen LogP contribution in [0.3, 0.4) is 0 Å². The molecule has 1 fully saturated rings. The van der Waals surface area contributed by atoms with Crippen LogP contribution in [0.5, 0.6) is 0 Å². The molecule has 0 saturated carbocycles. The average Bonchev–Trinajstić information content (AvgIpc) is 2.90. The Balaban J connectivity index is 1.35. The molecule has 4 rings (SSSR count). The van der Waals surface area contributed by atoms with E-state index in [1.165, 1.54) is 16.7 Å². The van der Waals surface area contributed by atoms with E-state index in [9.17, 15) is 4.79 Å². The van der Waals surface area contributed by atoms with E-state index < -0.39 is 0 Å². The Kier molecular flexibility index (Phi) is 8.89. The zero-order chi connectivity index (χ0) is 25.5. The summed E-state index contributed by atoms with van der Waals surface area (Å²) in [7, 11) is 0. The van der Waals surface area contributed by atoms with Gasteiger partial charge in [-0.05, 0) is 53.7 Å². The SMILES string of the molecule is CC(C)Cc1ccc(C(C)C(=O)NC(=S)N2CCN(C(c3ccccc3)c3ccccc3)CC2)cc1. The largest absolute Gasteiger partial charge is 0.346 e. The van der Waals surface area contributed by atoms with Crippen LogP contribution < -0.4 is 5.32 Å². The number of nitrogens with one attached hydrogen (secondary N) is 1. The van der Waals surface area contributed by atoms with Crippen molar-refractivity contribution in [2.24, 2.45) is 5.92 Å².